The van der Waals surface area contributed by atoms with Gasteiger partial charge in [-0.05, 0) is 30.7 Å². The van der Waals surface area contributed by atoms with Crippen LogP contribution < -0.4 is 0 Å². The van der Waals surface area contributed by atoms with Crippen LogP contribution in [0.1, 0.15) is 33.4 Å². The van der Waals surface area contributed by atoms with E-state index < -0.39 is 0 Å². The first-order chi connectivity index (χ1) is 9.01. The summed E-state index contributed by atoms with van der Waals surface area (Å²) in [5.74, 6) is 1.20. The fourth-order valence-electron chi connectivity index (χ4n) is 2.36. The van der Waals surface area contributed by atoms with Gasteiger partial charge in [-0.1, -0.05) is 39.0 Å². The molecule has 0 saturated carbocycles. The first-order valence-electron chi connectivity index (χ1n) is 7.02. The number of rotatable bonds is 5. The van der Waals surface area contributed by atoms with E-state index in [4.69, 9.17) is 16.7 Å². The minimum absolute atomic E-state index is 0.0945. The number of aromatic nitrogens is 2. The smallest absolute Gasteiger partial charge is 0.0709 e. The molecule has 0 saturated heterocycles. The zero-order valence-electron chi connectivity index (χ0n) is 12.3. The Balaban J connectivity index is 2.46. The van der Waals surface area contributed by atoms with E-state index in [0.717, 1.165) is 13.0 Å². The molecule has 0 N–H and O–H groups in total. The Morgan fingerprint density at radius 1 is 1.32 bits per heavy atom. The molecule has 104 valence electrons. The Morgan fingerprint density at radius 2 is 2.00 bits per heavy atom. The fourth-order valence-corrected chi connectivity index (χ4v) is 2.76. The van der Waals surface area contributed by atoms with Gasteiger partial charge < -0.3 is 0 Å². The molecule has 0 aliphatic rings. The molecule has 1 aromatic heterocycles. The zero-order chi connectivity index (χ0) is 14.0. The lowest BCUT2D eigenvalue weighted by Gasteiger charge is -2.31. The molecule has 0 fully saturated rings. The summed E-state index contributed by atoms with van der Waals surface area (Å²) in [4.78, 5) is 0. The molecule has 1 aromatic carbocycles. The highest BCUT2D eigenvalue weighted by Crippen LogP contribution is 2.34. The molecule has 0 amide bonds. The van der Waals surface area contributed by atoms with Gasteiger partial charge in [0.25, 0.3) is 0 Å². The van der Waals surface area contributed by atoms with Crippen LogP contribution in [0.2, 0.25) is 0 Å². The largest absolute Gasteiger partial charge is 0.265 e. The monoisotopic (exact) mass is 278 g/mol. The number of fused-ring (bicyclic) bond motifs is 1. The van der Waals surface area contributed by atoms with E-state index in [-0.39, 0.29) is 5.41 Å². The van der Waals surface area contributed by atoms with E-state index >= 15 is 0 Å². The average molecular weight is 279 g/mol. The van der Waals surface area contributed by atoms with Crippen molar-refractivity contribution in [2.75, 3.05) is 5.88 Å². The molecule has 1 unspecified atom stereocenters. The third-order valence-corrected chi connectivity index (χ3v) is 4.91. The lowest BCUT2D eigenvalue weighted by molar-refractivity contribution is 0.251. The minimum Gasteiger partial charge on any atom is -0.265 e. The lowest BCUT2D eigenvalue weighted by Crippen LogP contribution is -2.28. The van der Waals surface area contributed by atoms with Gasteiger partial charge in [0.05, 0.1) is 11.2 Å². The molecule has 2 nitrogen and oxygen atoms in total. The van der Waals surface area contributed by atoms with Gasteiger partial charge in [-0.15, -0.1) is 11.6 Å². The van der Waals surface area contributed by atoms with Crippen molar-refractivity contribution in [1.29, 1.82) is 0 Å². The number of nitrogens with zero attached hydrogens (tertiary/aromatic N) is 2. The van der Waals surface area contributed by atoms with Gasteiger partial charge in [-0.25, -0.2) is 0 Å². The van der Waals surface area contributed by atoms with Gasteiger partial charge in [0.2, 0.25) is 0 Å². The van der Waals surface area contributed by atoms with Crippen molar-refractivity contribution in [3.8, 4) is 0 Å². The summed E-state index contributed by atoms with van der Waals surface area (Å²) < 4.78 is 2.08. The quantitative estimate of drug-likeness (QED) is 0.737. The molecule has 0 aliphatic carbocycles. The topological polar surface area (TPSA) is 17.8 Å². The Morgan fingerprint density at radius 3 is 2.58 bits per heavy atom. The van der Waals surface area contributed by atoms with Crippen LogP contribution in [0.5, 0.6) is 0 Å². The second-order valence-electron chi connectivity index (χ2n) is 5.90. The second-order valence-corrected chi connectivity index (χ2v) is 6.17. The molecular formula is C16H23ClN2. The molecule has 3 heteroatoms. The number of hydrogen-bond acceptors (Lipinski definition) is 1. The Hall–Kier alpha value is -1.02. The summed E-state index contributed by atoms with van der Waals surface area (Å²) in [7, 11) is 0. The van der Waals surface area contributed by atoms with Crippen LogP contribution in [0.15, 0.2) is 24.3 Å². The number of para-hydroxylation sites is 1. The molecule has 19 heavy (non-hydrogen) atoms. The second kappa shape index (κ2) is 5.54. The van der Waals surface area contributed by atoms with Crippen LogP contribution in [0.3, 0.4) is 0 Å². The van der Waals surface area contributed by atoms with Gasteiger partial charge in [0.15, 0.2) is 0 Å². The fraction of sp³-hybridized carbons (Fsp3) is 0.562. The SMILES string of the molecule is CCn1nc(CC(C)(CCl)C(C)C)c2ccccc21. The van der Waals surface area contributed by atoms with Crippen LogP contribution in [0.4, 0.5) is 0 Å². The van der Waals surface area contributed by atoms with Gasteiger partial charge in [-0.3, -0.25) is 4.68 Å². The molecule has 0 spiro atoms. The maximum absolute atomic E-state index is 6.21. The number of hydrogen-bond donors (Lipinski definition) is 0. The van der Waals surface area contributed by atoms with Gasteiger partial charge >= 0.3 is 0 Å². The molecule has 0 aliphatic heterocycles. The molecular weight excluding hydrogens is 256 g/mol. The number of alkyl halides is 1. The van der Waals surface area contributed by atoms with Gasteiger partial charge in [-0.2, -0.15) is 5.10 Å². The zero-order valence-corrected chi connectivity index (χ0v) is 13.0. The van der Waals surface area contributed by atoms with Crippen molar-refractivity contribution < 1.29 is 0 Å². The molecule has 2 aromatic rings. The highest BCUT2D eigenvalue weighted by molar-refractivity contribution is 6.18. The van der Waals surface area contributed by atoms with Crippen LogP contribution in [-0.2, 0) is 13.0 Å². The summed E-state index contributed by atoms with van der Waals surface area (Å²) >= 11 is 6.21. The van der Waals surface area contributed by atoms with E-state index in [9.17, 15) is 0 Å². The van der Waals surface area contributed by atoms with Crippen LogP contribution >= 0.6 is 11.6 Å². The van der Waals surface area contributed by atoms with Crippen molar-refractivity contribution in [3.05, 3.63) is 30.0 Å². The van der Waals surface area contributed by atoms with E-state index in [1.54, 1.807) is 0 Å². The lowest BCUT2D eigenvalue weighted by atomic mass is 9.77. The van der Waals surface area contributed by atoms with Crippen molar-refractivity contribution >= 4 is 22.5 Å². The third-order valence-electron chi connectivity index (χ3n) is 4.30. The van der Waals surface area contributed by atoms with E-state index in [0.29, 0.717) is 11.8 Å². The first-order valence-corrected chi connectivity index (χ1v) is 7.55. The predicted octanol–water partition coefficient (Wildman–Crippen LogP) is 4.50. The Labute approximate surface area is 120 Å². The Kier molecular flexibility index (Phi) is 4.19. The maximum atomic E-state index is 6.21. The third kappa shape index (κ3) is 2.64. The highest BCUT2D eigenvalue weighted by Gasteiger charge is 2.29. The van der Waals surface area contributed by atoms with Crippen LogP contribution in [0, 0.1) is 11.3 Å². The molecule has 1 heterocycles. The maximum Gasteiger partial charge on any atom is 0.0709 e. The summed E-state index contributed by atoms with van der Waals surface area (Å²) in [6.45, 7) is 9.76. The van der Waals surface area contributed by atoms with Crippen molar-refractivity contribution in [1.82, 2.24) is 9.78 Å². The standard InChI is InChI=1S/C16H23ClN2/c1-5-19-15-9-7-6-8-13(15)14(18-19)10-16(4,11-17)12(2)3/h6-9,12H,5,10-11H2,1-4H3. The number of aryl methyl sites for hydroxylation is 1. The van der Waals surface area contributed by atoms with Crippen molar-refractivity contribution in [2.45, 2.75) is 40.7 Å². The van der Waals surface area contributed by atoms with E-state index in [2.05, 4.69) is 56.6 Å². The van der Waals surface area contributed by atoms with Gasteiger partial charge in [0.1, 0.15) is 0 Å². The number of benzene rings is 1. The summed E-state index contributed by atoms with van der Waals surface area (Å²) in [5.41, 5.74) is 2.49. The normalized spacial score (nSPS) is 15.1. The minimum atomic E-state index is 0.0945. The summed E-state index contributed by atoms with van der Waals surface area (Å²) in [5, 5.41) is 6.05. The van der Waals surface area contributed by atoms with Gasteiger partial charge in [0, 0.05) is 17.8 Å². The van der Waals surface area contributed by atoms with Crippen molar-refractivity contribution in [3.63, 3.8) is 0 Å². The number of halogens is 1. The van der Waals surface area contributed by atoms with E-state index in [1.165, 1.54) is 16.6 Å². The molecule has 1 atom stereocenters. The predicted molar refractivity (Wildman–Crippen MR) is 82.8 cm³/mol. The summed E-state index contributed by atoms with van der Waals surface area (Å²) in [6.07, 6.45) is 0.932. The average Bonchev–Trinajstić information content (AvgIpc) is 2.76. The van der Waals surface area contributed by atoms with Crippen molar-refractivity contribution in [2.24, 2.45) is 11.3 Å². The van der Waals surface area contributed by atoms with Crippen LogP contribution in [0.25, 0.3) is 10.9 Å². The Bertz CT molecular complexity index is 559. The van der Waals surface area contributed by atoms with E-state index in [1.807, 2.05) is 0 Å². The highest BCUT2D eigenvalue weighted by atomic mass is 35.5. The molecule has 2 rings (SSSR count). The summed E-state index contributed by atoms with van der Waals surface area (Å²) in [6, 6.07) is 8.46. The molecule has 0 bridgehead atoms. The molecule has 0 radical (unpaired) electrons. The van der Waals surface area contributed by atoms with Crippen LogP contribution in [-0.4, -0.2) is 15.7 Å². The first kappa shape index (κ1) is 14.4.